The smallest absolute Gasteiger partial charge is 0.124 e. The maximum atomic E-state index is 12.9. The molecular weight excluding hydrogens is 221 g/mol. The maximum absolute atomic E-state index is 12.9. The van der Waals surface area contributed by atoms with Crippen LogP contribution in [0.1, 0.15) is 24.1 Å². The Morgan fingerprint density at radius 1 is 1.50 bits per heavy atom. The Labute approximate surface area is 79.9 Å². The van der Waals surface area contributed by atoms with Crippen molar-refractivity contribution in [3.8, 4) is 0 Å². The Hall–Kier alpha value is -0.410. The molecule has 0 spiro atoms. The van der Waals surface area contributed by atoms with Crippen LogP contribution in [0.2, 0.25) is 0 Å². The number of hydrogen-bond acceptors (Lipinski definition) is 1. The van der Waals surface area contributed by atoms with Gasteiger partial charge in [0.2, 0.25) is 0 Å². The van der Waals surface area contributed by atoms with Crippen LogP contribution in [0.25, 0.3) is 0 Å². The molecule has 0 saturated carbocycles. The summed E-state index contributed by atoms with van der Waals surface area (Å²) >= 11 is 3.27. The molecule has 1 rings (SSSR count). The van der Waals surface area contributed by atoms with Crippen LogP contribution in [-0.4, -0.2) is 0 Å². The van der Waals surface area contributed by atoms with E-state index in [1.807, 2.05) is 13.8 Å². The highest BCUT2D eigenvalue weighted by Gasteiger charge is 2.08. The molecule has 2 N–H and O–H groups in total. The average Bonchev–Trinajstić information content (AvgIpc) is 1.96. The summed E-state index contributed by atoms with van der Waals surface area (Å²) < 4.78 is 13.7. The van der Waals surface area contributed by atoms with Gasteiger partial charge in [0.05, 0.1) is 0 Å². The molecule has 0 amide bonds. The molecule has 0 aliphatic carbocycles. The highest BCUT2D eigenvalue weighted by Crippen LogP contribution is 2.24. The van der Waals surface area contributed by atoms with Gasteiger partial charge in [0.15, 0.2) is 0 Å². The lowest BCUT2D eigenvalue weighted by Crippen LogP contribution is -2.07. The molecule has 0 fully saturated rings. The second-order valence-corrected chi connectivity index (χ2v) is 3.74. The first-order chi connectivity index (χ1) is 5.52. The summed E-state index contributed by atoms with van der Waals surface area (Å²) in [7, 11) is 0. The van der Waals surface area contributed by atoms with E-state index in [9.17, 15) is 4.39 Å². The van der Waals surface area contributed by atoms with E-state index in [0.717, 1.165) is 15.6 Å². The van der Waals surface area contributed by atoms with Crippen molar-refractivity contribution in [2.24, 2.45) is 5.73 Å². The summed E-state index contributed by atoms with van der Waals surface area (Å²) in [4.78, 5) is 0. The average molecular weight is 232 g/mol. The largest absolute Gasteiger partial charge is 0.324 e. The van der Waals surface area contributed by atoms with Crippen molar-refractivity contribution in [3.05, 3.63) is 33.5 Å². The van der Waals surface area contributed by atoms with Gasteiger partial charge >= 0.3 is 0 Å². The quantitative estimate of drug-likeness (QED) is 0.791. The van der Waals surface area contributed by atoms with Gasteiger partial charge in [-0.25, -0.2) is 4.39 Å². The molecule has 0 heterocycles. The number of hydrogen-bond donors (Lipinski definition) is 1. The Morgan fingerprint density at radius 2 is 2.08 bits per heavy atom. The van der Waals surface area contributed by atoms with E-state index < -0.39 is 0 Å². The van der Waals surface area contributed by atoms with Gasteiger partial charge in [0.25, 0.3) is 0 Å². The van der Waals surface area contributed by atoms with E-state index in [1.165, 1.54) is 12.1 Å². The third kappa shape index (κ3) is 1.84. The van der Waals surface area contributed by atoms with Gasteiger partial charge in [0.1, 0.15) is 5.82 Å². The van der Waals surface area contributed by atoms with Gasteiger partial charge in [-0.15, -0.1) is 0 Å². The zero-order chi connectivity index (χ0) is 9.30. The predicted molar refractivity (Wildman–Crippen MR) is 51.4 cm³/mol. The molecule has 3 heteroatoms. The summed E-state index contributed by atoms with van der Waals surface area (Å²) in [5.74, 6) is -0.250. The molecule has 1 nitrogen and oxygen atoms in total. The summed E-state index contributed by atoms with van der Waals surface area (Å²) in [6, 6.07) is 2.79. The van der Waals surface area contributed by atoms with Gasteiger partial charge < -0.3 is 5.73 Å². The summed E-state index contributed by atoms with van der Waals surface area (Å²) in [6.45, 7) is 3.76. The first-order valence-corrected chi connectivity index (χ1v) is 4.53. The fourth-order valence-electron chi connectivity index (χ4n) is 1.14. The van der Waals surface area contributed by atoms with E-state index in [4.69, 9.17) is 5.73 Å². The van der Waals surface area contributed by atoms with Crippen molar-refractivity contribution in [3.63, 3.8) is 0 Å². The highest BCUT2D eigenvalue weighted by atomic mass is 79.9. The lowest BCUT2D eigenvalue weighted by atomic mass is 10.0. The molecule has 12 heavy (non-hydrogen) atoms. The van der Waals surface area contributed by atoms with E-state index in [2.05, 4.69) is 15.9 Å². The van der Waals surface area contributed by atoms with Crippen LogP contribution in [0.15, 0.2) is 16.6 Å². The van der Waals surface area contributed by atoms with Crippen LogP contribution < -0.4 is 5.73 Å². The van der Waals surface area contributed by atoms with Crippen molar-refractivity contribution in [2.45, 2.75) is 19.9 Å². The fourth-order valence-corrected chi connectivity index (χ4v) is 1.59. The molecule has 0 aliphatic heterocycles. The molecule has 0 radical (unpaired) electrons. The van der Waals surface area contributed by atoms with E-state index in [1.54, 1.807) is 0 Å². The van der Waals surface area contributed by atoms with Gasteiger partial charge in [-0.05, 0) is 37.1 Å². The zero-order valence-electron chi connectivity index (χ0n) is 7.07. The Bertz CT molecular complexity index is 297. The molecular formula is C9H11BrFN. The summed E-state index contributed by atoms with van der Waals surface area (Å²) in [5.41, 5.74) is 7.52. The van der Waals surface area contributed by atoms with Crippen LogP contribution in [0.4, 0.5) is 4.39 Å². The van der Waals surface area contributed by atoms with Crippen molar-refractivity contribution in [1.82, 2.24) is 0 Å². The first kappa shape index (κ1) is 9.68. The van der Waals surface area contributed by atoms with Crippen LogP contribution in [-0.2, 0) is 0 Å². The molecule has 1 aromatic rings. The lowest BCUT2D eigenvalue weighted by molar-refractivity contribution is 0.620. The fraction of sp³-hybridized carbons (Fsp3) is 0.333. The van der Waals surface area contributed by atoms with Crippen molar-refractivity contribution < 1.29 is 4.39 Å². The Balaban J connectivity index is 3.28. The van der Waals surface area contributed by atoms with E-state index >= 15 is 0 Å². The Morgan fingerprint density at radius 3 is 2.58 bits per heavy atom. The minimum absolute atomic E-state index is 0.128. The normalized spacial score (nSPS) is 13.1. The van der Waals surface area contributed by atoms with Gasteiger partial charge in [0, 0.05) is 10.5 Å². The van der Waals surface area contributed by atoms with Gasteiger partial charge in [-0.2, -0.15) is 0 Å². The number of benzene rings is 1. The highest BCUT2D eigenvalue weighted by molar-refractivity contribution is 9.10. The van der Waals surface area contributed by atoms with Crippen LogP contribution in [0, 0.1) is 12.7 Å². The van der Waals surface area contributed by atoms with Crippen molar-refractivity contribution in [2.75, 3.05) is 0 Å². The second kappa shape index (κ2) is 3.54. The van der Waals surface area contributed by atoms with Gasteiger partial charge in [-0.1, -0.05) is 15.9 Å². The molecule has 0 aliphatic rings. The summed E-state index contributed by atoms with van der Waals surface area (Å²) in [6.07, 6.45) is 0. The van der Waals surface area contributed by atoms with Crippen molar-refractivity contribution in [1.29, 1.82) is 0 Å². The standard InChI is InChI=1S/C9H11BrFN/c1-5-8(6(2)12)3-7(11)4-9(5)10/h3-4,6H,12H2,1-2H3. The van der Waals surface area contributed by atoms with Crippen LogP contribution >= 0.6 is 15.9 Å². The predicted octanol–water partition coefficient (Wildman–Crippen LogP) is 2.92. The minimum atomic E-state index is -0.250. The molecule has 1 atom stereocenters. The number of halogens is 2. The first-order valence-electron chi connectivity index (χ1n) is 3.73. The zero-order valence-corrected chi connectivity index (χ0v) is 8.65. The number of rotatable bonds is 1. The third-order valence-electron chi connectivity index (χ3n) is 1.84. The number of nitrogens with two attached hydrogens (primary N) is 1. The van der Waals surface area contributed by atoms with Crippen molar-refractivity contribution >= 4 is 15.9 Å². The topological polar surface area (TPSA) is 26.0 Å². The van der Waals surface area contributed by atoms with Gasteiger partial charge in [-0.3, -0.25) is 0 Å². The van der Waals surface area contributed by atoms with Crippen LogP contribution in [0.5, 0.6) is 0 Å². The molecule has 1 unspecified atom stereocenters. The van der Waals surface area contributed by atoms with Crippen LogP contribution in [0.3, 0.4) is 0 Å². The third-order valence-corrected chi connectivity index (χ3v) is 2.66. The second-order valence-electron chi connectivity index (χ2n) is 2.89. The Kier molecular flexibility index (Phi) is 2.85. The SMILES string of the molecule is Cc1c(Br)cc(F)cc1C(C)N. The molecule has 0 bridgehead atoms. The summed E-state index contributed by atoms with van der Waals surface area (Å²) in [5, 5.41) is 0. The molecule has 66 valence electrons. The lowest BCUT2D eigenvalue weighted by Gasteiger charge is -2.10. The minimum Gasteiger partial charge on any atom is -0.324 e. The monoisotopic (exact) mass is 231 g/mol. The molecule has 0 saturated heterocycles. The van der Waals surface area contributed by atoms with E-state index in [-0.39, 0.29) is 11.9 Å². The molecule has 1 aromatic carbocycles. The molecule has 0 aromatic heterocycles. The van der Waals surface area contributed by atoms with E-state index in [0.29, 0.717) is 0 Å². The maximum Gasteiger partial charge on any atom is 0.124 e.